The van der Waals surface area contributed by atoms with Gasteiger partial charge in [-0.15, -0.1) is 24.8 Å². The van der Waals surface area contributed by atoms with E-state index in [1.54, 1.807) is 36.7 Å². The smallest absolute Gasteiger partial charge is 0.183 e. The topological polar surface area (TPSA) is 42.0 Å². The zero-order valence-corrected chi connectivity index (χ0v) is 13.3. The molecule has 0 atom stereocenters. The van der Waals surface area contributed by atoms with Gasteiger partial charge in [0, 0.05) is 23.0 Å². The maximum atomic E-state index is 11.9. The first-order valence-corrected chi connectivity index (χ1v) is 6.04. The average molecular weight is 354 g/mol. The van der Waals surface area contributed by atoms with Gasteiger partial charge in [-0.2, -0.15) is 0 Å². The molecule has 0 aliphatic carbocycles. The minimum Gasteiger partial charge on any atom is -0.376 e. The van der Waals surface area contributed by atoms with Crippen molar-refractivity contribution in [2.75, 3.05) is 11.9 Å². The molecule has 0 radical (unpaired) electrons. The second kappa shape index (κ2) is 9.03. The van der Waals surface area contributed by atoms with Crippen LogP contribution in [-0.4, -0.2) is 17.3 Å². The molecule has 1 heterocycles. The van der Waals surface area contributed by atoms with Gasteiger partial charge >= 0.3 is 0 Å². The lowest BCUT2D eigenvalue weighted by Crippen LogP contribution is -2.14. The third kappa shape index (κ3) is 5.17. The number of carbonyl (C=O) groups is 1. The number of ketones is 1. The Balaban J connectivity index is 0.00000180. The van der Waals surface area contributed by atoms with E-state index in [9.17, 15) is 4.79 Å². The normalized spacial score (nSPS) is 9.10. The number of aromatic nitrogens is 1. The molecular weight excluding hydrogens is 342 g/mol. The van der Waals surface area contributed by atoms with Crippen molar-refractivity contribution in [3.8, 4) is 0 Å². The molecule has 0 bridgehead atoms. The predicted octanol–water partition coefficient (Wildman–Crippen LogP) is 4.53. The van der Waals surface area contributed by atoms with E-state index < -0.39 is 0 Å². The first-order valence-electron chi connectivity index (χ1n) is 5.29. The number of nitrogens with one attached hydrogen (secondary N) is 1. The van der Waals surface area contributed by atoms with E-state index in [0.717, 1.165) is 5.69 Å². The van der Waals surface area contributed by atoms with Crippen LogP contribution in [-0.2, 0) is 0 Å². The molecule has 3 nitrogen and oxygen atoms in total. The number of anilines is 1. The van der Waals surface area contributed by atoms with Crippen LogP contribution in [0.25, 0.3) is 0 Å². The Bertz CT molecular complexity index is 564. The van der Waals surface area contributed by atoms with Gasteiger partial charge in [-0.3, -0.25) is 9.78 Å². The van der Waals surface area contributed by atoms with Gasteiger partial charge in [0.15, 0.2) is 5.78 Å². The monoisotopic (exact) mass is 352 g/mol. The Hall–Kier alpha value is -1.000. The fourth-order valence-electron chi connectivity index (χ4n) is 1.46. The molecule has 0 saturated heterocycles. The summed E-state index contributed by atoms with van der Waals surface area (Å²) in [6, 6.07) is 8.45. The summed E-state index contributed by atoms with van der Waals surface area (Å²) in [7, 11) is 0. The van der Waals surface area contributed by atoms with Gasteiger partial charge < -0.3 is 5.32 Å². The highest BCUT2D eigenvalue weighted by molar-refractivity contribution is 6.36. The minimum atomic E-state index is -0.0967. The SMILES string of the molecule is Cl.Cl.O=C(CNc1cccnc1)c1ccc(Cl)cc1Cl. The Labute approximate surface area is 139 Å². The lowest BCUT2D eigenvalue weighted by molar-refractivity contribution is 0.101. The second-order valence-corrected chi connectivity index (χ2v) is 4.49. The molecule has 20 heavy (non-hydrogen) atoms. The molecular formula is C13H12Cl4N2O. The predicted molar refractivity (Wildman–Crippen MR) is 88.0 cm³/mol. The van der Waals surface area contributed by atoms with Crippen LogP contribution in [0, 0.1) is 0 Å². The van der Waals surface area contributed by atoms with Gasteiger partial charge in [0.2, 0.25) is 0 Å². The molecule has 0 spiro atoms. The van der Waals surface area contributed by atoms with Crippen molar-refractivity contribution in [1.82, 2.24) is 4.98 Å². The van der Waals surface area contributed by atoms with Crippen molar-refractivity contribution in [1.29, 1.82) is 0 Å². The number of hydrogen-bond donors (Lipinski definition) is 1. The summed E-state index contributed by atoms with van der Waals surface area (Å²) in [5, 5.41) is 3.85. The number of halogens is 4. The molecule has 2 rings (SSSR count). The number of benzene rings is 1. The van der Waals surface area contributed by atoms with Gasteiger partial charge in [0.05, 0.1) is 17.3 Å². The second-order valence-electron chi connectivity index (χ2n) is 3.64. The van der Waals surface area contributed by atoms with E-state index in [1.807, 2.05) is 6.07 Å². The summed E-state index contributed by atoms with van der Waals surface area (Å²) in [4.78, 5) is 15.9. The Morgan fingerprint density at radius 1 is 1.20 bits per heavy atom. The van der Waals surface area contributed by atoms with E-state index in [4.69, 9.17) is 23.2 Å². The van der Waals surface area contributed by atoms with E-state index in [2.05, 4.69) is 10.3 Å². The molecule has 1 N–H and O–H groups in total. The summed E-state index contributed by atoms with van der Waals surface area (Å²) < 4.78 is 0. The fourth-order valence-corrected chi connectivity index (χ4v) is 1.97. The van der Waals surface area contributed by atoms with Crippen molar-refractivity contribution < 1.29 is 4.79 Å². The zero-order valence-electron chi connectivity index (χ0n) is 10.2. The maximum absolute atomic E-state index is 11.9. The molecule has 0 saturated carbocycles. The molecule has 1 aromatic heterocycles. The van der Waals surface area contributed by atoms with Crippen LogP contribution in [0.4, 0.5) is 5.69 Å². The van der Waals surface area contributed by atoms with Gasteiger partial charge in [0.25, 0.3) is 0 Å². The van der Waals surface area contributed by atoms with Gasteiger partial charge in [-0.25, -0.2) is 0 Å². The third-order valence-electron chi connectivity index (χ3n) is 2.35. The molecule has 0 unspecified atom stereocenters. The summed E-state index contributed by atoms with van der Waals surface area (Å²) in [5.74, 6) is -0.0967. The summed E-state index contributed by atoms with van der Waals surface area (Å²) in [6.07, 6.45) is 3.32. The number of rotatable bonds is 4. The van der Waals surface area contributed by atoms with Crippen molar-refractivity contribution in [3.05, 3.63) is 58.3 Å². The van der Waals surface area contributed by atoms with E-state index in [1.165, 1.54) is 0 Å². The third-order valence-corrected chi connectivity index (χ3v) is 2.89. The highest BCUT2D eigenvalue weighted by atomic mass is 35.5. The van der Waals surface area contributed by atoms with Crippen LogP contribution in [0.1, 0.15) is 10.4 Å². The molecule has 0 aliphatic rings. The van der Waals surface area contributed by atoms with Crippen LogP contribution in [0.5, 0.6) is 0 Å². The first-order chi connectivity index (χ1) is 8.66. The lowest BCUT2D eigenvalue weighted by Gasteiger charge is -2.06. The number of nitrogens with zero attached hydrogens (tertiary/aromatic N) is 1. The Kier molecular flexibility index (Phi) is 8.58. The highest BCUT2D eigenvalue weighted by Gasteiger charge is 2.10. The quantitative estimate of drug-likeness (QED) is 0.821. The molecule has 0 aliphatic heterocycles. The van der Waals surface area contributed by atoms with Crippen molar-refractivity contribution in [3.63, 3.8) is 0 Å². The first kappa shape index (κ1) is 19.0. The summed E-state index contributed by atoms with van der Waals surface area (Å²) >= 11 is 11.7. The van der Waals surface area contributed by atoms with E-state index >= 15 is 0 Å². The van der Waals surface area contributed by atoms with Crippen molar-refractivity contribution in [2.24, 2.45) is 0 Å². The highest BCUT2D eigenvalue weighted by Crippen LogP contribution is 2.21. The van der Waals surface area contributed by atoms with Crippen LogP contribution in [0.15, 0.2) is 42.7 Å². The molecule has 0 fully saturated rings. The Morgan fingerprint density at radius 3 is 2.55 bits per heavy atom. The van der Waals surface area contributed by atoms with Gasteiger partial charge in [0.1, 0.15) is 0 Å². The average Bonchev–Trinajstić information content (AvgIpc) is 2.37. The number of pyridine rings is 1. The van der Waals surface area contributed by atoms with Crippen molar-refractivity contribution >= 4 is 59.5 Å². The van der Waals surface area contributed by atoms with Gasteiger partial charge in [-0.05, 0) is 30.3 Å². The van der Waals surface area contributed by atoms with E-state index in [-0.39, 0.29) is 37.1 Å². The Morgan fingerprint density at radius 2 is 1.95 bits per heavy atom. The van der Waals surface area contributed by atoms with Crippen LogP contribution < -0.4 is 5.32 Å². The number of carbonyl (C=O) groups excluding carboxylic acids is 1. The van der Waals surface area contributed by atoms with Crippen molar-refractivity contribution in [2.45, 2.75) is 0 Å². The molecule has 7 heteroatoms. The number of Topliss-reactive ketones (excluding diaryl/α,β-unsaturated/α-hetero) is 1. The molecule has 108 valence electrons. The van der Waals surface area contributed by atoms with Crippen LogP contribution >= 0.6 is 48.0 Å². The van der Waals surface area contributed by atoms with E-state index in [0.29, 0.717) is 15.6 Å². The van der Waals surface area contributed by atoms with Gasteiger partial charge in [-0.1, -0.05) is 23.2 Å². The lowest BCUT2D eigenvalue weighted by atomic mass is 10.1. The van der Waals surface area contributed by atoms with Crippen LogP contribution in [0.2, 0.25) is 10.0 Å². The summed E-state index contributed by atoms with van der Waals surface area (Å²) in [6.45, 7) is 0.160. The maximum Gasteiger partial charge on any atom is 0.183 e. The number of hydrogen-bond acceptors (Lipinski definition) is 3. The van der Waals surface area contributed by atoms with Crippen LogP contribution in [0.3, 0.4) is 0 Å². The molecule has 1 aromatic carbocycles. The molecule has 0 amide bonds. The largest absolute Gasteiger partial charge is 0.376 e. The minimum absolute atomic E-state index is 0. The fraction of sp³-hybridized carbons (Fsp3) is 0.0769. The standard InChI is InChI=1S/C13H10Cl2N2O.2ClH/c14-9-3-4-11(12(15)6-9)13(18)8-17-10-2-1-5-16-7-10;;/h1-7,17H,8H2;2*1H. The summed E-state index contributed by atoms with van der Waals surface area (Å²) in [5.41, 5.74) is 1.24. The molecule has 2 aromatic rings. The zero-order chi connectivity index (χ0) is 13.0.